The van der Waals surface area contributed by atoms with Crippen molar-refractivity contribution in [3.63, 3.8) is 0 Å². The Bertz CT molecular complexity index is 644. The Hall–Kier alpha value is -2.27. The van der Waals surface area contributed by atoms with E-state index >= 15 is 0 Å². The lowest BCUT2D eigenvalue weighted by Crippen LogP contribution is -2.24. The molecule has 5 heteroatoms. The number of nitrogens with zero attached hydrogens (tertiary/aromatic N) is 2. The van der Waals surface area contributed by atoms with Crippen LogP contribution >= 0.6 is 0 Å². The van der Waals surface area contributed by atoms with E-state index in [0.717, 1.165) is 37.1 Å². The number of aromatic nitrogens is 2. The molecule has 2 rings (SSSR count). The number of nitrogens with one attached hydrogen (secondary N) is 1. The lowest BCUT2D eigenvalue weighted by atomic mass is 10.1. The Morgan fingerprint density at radius 3 is 2.07 bits per heavy atom. The minimum Gasteiger partial charge on any atom is -0.396 e. The Balaban J connectivity index is 1.56. The number of amides is 1. The van der Waals surface area contributed by atoms with Crippen molar-refractivity contribution in [2.24, 2.45) is 0 Å². The van der Waals surface area contributed by atoms with Crippen molar-refractivity contribution >= 4 is 5.91 Å². The van der Waals surface area contributed by atoms with Crippen LogP contribution < -0.4 is 5.32 Å². The van der Waals surface area contributed by atoms with Crippen LogP contribution in [0.2, 0.25) is 0 Å². The van der Waals surface area contributed by atoms with E-state index in [2.05, 4.69) is 15.3 Å². The molecule has 0 aliphatic carbocycles. The fourth-order valence-corrected chi connectivity index (χ4v) is 2.97. The highest BCUT2D eigenvalue weighted by atomic mass is 16.2. The first-order valence-electron chi connectivity index (χ1n) is 10.1. The molecule has 0 aromatic carbocycles. The highest BCUT2D eigenvalue weighted by molar-refractivity contribution is 5.94. The van der Waals surface area contributed by atoms with E-state index < -0.39 is 0 Å². The molecule has 2 N–H and O–H groups in total. The van der Waals surface area contributed by atoms with Gasteiger partial charge in [0.25, 0.3) is 5.91 Å². The third kappa shape index (κ3) is 8.31. The Labute approximate surface area is 162 Å². The average Bonchev–Trinajstić information content (AvgIpc) is 2.72. The van der Waals surface area contributed by atoms with Crippen LogP contribution in [0.25, 0.3) is 11.4 Å². The predicted molar refractivity (Wildman–Crippen MR) is 108 cm³/mol. The quantitative estimate of drug-likeness (QED) is 0.514. The number of carbonyl (C=O) groups is 1. The first-order valence-corrected chi connectivity index (χ1v) is 10.1. The Kier molecular flexibility index (Phi) is 10.1. The normalized spacial score (nSPS) is 10.7. The van der Waals surface area contributed by atoms with Crippen LogP contribution in [0.5, 0.6) is 0 Å². The van der Waals surface area contributed by atoms with Crippen LogP contribution in [0.15, 0.2) is 42.7 Å². The summed E-state index contributed by atoms with van der Waals surface area (Å²) in [5.74, 6) is -0.0704. The van der Waals surface area contributed by atoms with Gasteiger partial charge in [-0.1, -0.05) is 51.0 Å². The second kappa shape index (κ2) is 13.0. The van der Waals surface area contributed by atoms with Crippen LogP contribution in [0.1, 0.15) is 68.1 Å². The molecule has 0 aliphatic rings. The topological polar surface area (TPSA) is 75.1 Å². The fraction of sp³-hybridized carbons (Fsp3) is 0.500. The molecule has 2 heterocycles. The van der Waals surface area contributed by atoms with E-state index in [4.69, 9.17) is 5.11 Å². The first-order chi connectivity index (χ1) is 13.3. The van der Waals surface area contributed by atoms with Crippen LogP contribution in [-0.2, 0) is 0 Å². The third-order valence-corrected chi connectivity index (χ3v) is 4.57. The second-order valence-electron chi connectivity index (χ2n) is 6.81. The molecule has 0 saturated heterocycles. The second-order valence-corrected chi connectivity index (χ2v) is 6.81. The number of carbonyl (C=O) groups excluding carboxylic acids is 1. The van der Waals surface area contributed by atoms with Crippen molar-refractivity contribution in [1.29, 1.82) is 0 Å². The van der Waals surface area contributed by atoms with Crippen LogP contribution in [-0.4, -0.2) is 34.1 Å². The van der Waals surface area contributed by atoms with Crippen molar-refractivity contribution in [3.05, 3.63) is 48.3 Å². The zero-order valence-corrected chi connectivity index (χ0v) is 16.1. The number of hydrogen-bond donors (Lipinski definition) is 2. The van der Waals surface area contributed by atoms with E-state index in [1.807, 2.05) is 24.3 Å². The number of aliphatic hydroxyl groups excluding tert-OH is 1. The molecule has 1 amide bonds. The number of hydrogen-bond acceptors (Lipinski definition) is 4. The molecule has 0 radical (unpaired) electrons. The van der Waals surface area contributed by atoms with Gasteiger partial charge < -0.3 is 10.4 Å². The molecule has 5 nitrogen and oxygen atoms in total. The zero-order valence-electron chi connectivity index (χ0n) is 16.1. The van der Waals surface area contributed by atoms with Crippen LogP contribution in [0.3, 0.4) is 0 Å². The molecule has 27 heavy (non-hydrogen) atoms. The van der Waals surface area contributed by atoms with Gasteiger partial charge in [-0.2, -0.15) is 0 Å². The van der Waals surface area contributed by atoms with Gasteiger partial charge in [0.05, 0.1) is 17.0 Å². The van der Waals surface area contributed by atoms with E-state index in [1.165, 1.54) is 32.1 Å². The van der Waals surface area contributed by atoms with Crippen LogP contribution in [0, 0.1) is 0 Å². The standard InChI is InChI=1S/C22H31N3O2/c26-17-11-7-5-3-1-2-4-6-9-16-24-22(27)19-13-14-21(25-18-19)20-12-8-10-15-23-20/h8,10,12-15,18,26H,1-7,9,11,16-17H2,(H,24,27). The maximum atomic E-state index is 12.2. The lowest BCUT2D eigenvalue weighted by Gasteiger charge is -2.06. The van der Waals surface area contributed by atoms with Gasteiger partial charge in [0.2, 0.25) is 0 Å². The monoisotopic (exact) mass is 369 g/mol. The number of aliphatic hydroxyl groups is 1. The molecule has 0 fully saturated rings. The minimum atomic E-state index is -0.0704. The molecular weight excluding hydrogens is 338 g/mol. The van der Waals surface area contributed by atoms with Gasteiger partial charge in [0.1, 0.15) is 0 Å². The molecule has 2 aromatic heterocycles. The summed E-state index contributed by atoms with van der Waals surface area (Å²) in [6, 6.07) is 9.31. The first kappa shape index (κ1) is 21.0. The maximum absolute atomic E-state index is 12.2. The molecule has 0 spiro atoms. The molecular formula is C22H31N3O2. The van der Waals surface area contributed by atoms with Crippen molar-refractivity contribution in [2.45, 2.75) is 57.8 Å². The zero-order chi connectivity index (χ0) is 19.2. The average molecular weight is 370 g/mol. The van der Waals surface area contributed by atoms with E-state index in [-0.39, 0.29) is 5.91 Å². The van der Waals surface area contributed by atoms with Gasteiger partial charge >= 0.3 is 0 Å². The smallest absolute Gasteiger partial charge is 0.252 e. The fourth-order valence-electron chi connectivity index (χ4n) is 2.97. The van der Waals surface area contributed by atoms with E-state index in [9.17, 15) is 4.79 Å². The molecule has 0 bridgehead atoms. The largest absolute Gasteiger partial charge is 0.396 e. The van der Waals surface area contributed by atoms with Crippen LogP contribution in [0.4, 0.5) is 0 Å². The van der Waals surface area contributed by atoms with Gasteiger partial charge in [0, 0.05) is 25.5 Å². The Morgan fingerprint density at radius 1 is 0.815 bits per heavy atom. The summed E-state index contributed by atoms with van der Waals surface area (Å²) in [4.78, 5) is 20.8. The third-order valence-electron chi connectivity index (χ3n) is 4.57. The number of pyridine rings is 2. The van der Waals surface area contributed by atoms with Gasteiger partial charge in [-0.3, -0.25) is 14.8 Å². The minimum absolute atomic E-state index is 0.0704. The van der Waals surface area contributed by atoms with Gasteiger partial charge in [-0.05, 0) is 37.1 Å². The van der Waals surface area contributed by atoms with Crippen molar-refractivity contribution in [3.8, 4) is 11.4 Å². The van der Waals surface area contributed by atoms with E-state index in [1.54, 1.807) is 18.5 Å². The summed E-state index contributed by atoms with van der Waals surface area (Å²) in [6.07, 6.45) is 13.8. The molecule has 0 atom stereocenters. The summed E-state index contributed by atoms with van der Waals surface area (Å²) in [6.45, 7) is 1.02. The predicted octanol–water partition coefficient (Wildman–Crippen LogP) is 4.38. The van der Waals surface area contributed by atoms with E-state index in [0.29, 0.717) is 18.7 Å². The Morgan fingerprint density at radius 2 is 1.48 bits per heavy atom. The SMILES string of the molecule is O=C(NCCCCCCCCCCCO)c1ccc(-c2ccccn2)nc1. The number of unbranched alkanes of at least 4 members (excludes halogenated alkanes) is 8. The van der Waals surface area contributed by atoms with Gasteiger partial charge in [-0.15, -0.1) is 0 Å². The van der Waals surface area contributed by atoms with Gasteiger partial charge in [0.15, 0.2) is 0 Å². The molecule has 0 saturated carbocycles. The molecule has 2 aromatic rings. The summed E-state index contributed by atoms with van der Waals surface area (Å²) in [7, 11) is 0. The summed E-state index contributed by atoms with van der Waals surface area (Å²) < 4.78 is 0. The maximum Gasteiger partial charge on any atom is 0.252 e. The molecule has 0 aliphatic heterocycles. The summed E-state index contributed by atoms with van der Waals surface area (Å²) >= 11 is 0. The number of rotatable bonds is 13. The van der Waals surface area contributed by atoms with Crippen molar-refractivity contribution < 1.29 is 9.90 Å². The lowest BCUT2D eigenvalue weighted by molar-refractivity contribution is 0.0952. The highest BCUT2D eigenvalue weighted by Crippen LogP contribution is 2.13. The van der Waals surface area contributed by atoms with Crippen molar-refractivity contribution in [1.82, 2.24) is 15.3 Å². The summed E-state index contributed by atoms with van der Waals surface area (Å²) in [5, 5.41) is 11.7. The summed E-state index contributed by atoms with van der Waals surface area (Å²) in [5.41, 5.74) is 2.15. The molecule has 0 unspecified atom stereocenters. The highest BCUT2D eigenvalue weighted by Gasteiger charge is 2.06. The van der Waals surface area contributed by atoms with Gasteiger partial charge in [-0.25, -0.2) is 0 Å². The van der Waals surface area contributed by atoms with Crippen molar-refractivity contribution in [2.75, 3.05) is 13.2 Å². The molecule has 146 valence electrons.